The van der Waals surface area contributed by atoms with Crippen molar-refractivity contribution >= 4 is 15.7 Å². The maximum atomic E-state index is 12.6. The van der Waals surface area contributed by atoms with Crippen LogP contribution in [0.15, 0.2) is 29.2 Å². The topological polar surface area (TPSA) is 49.4 Å². The molecule has 1 aromatic carbocycles. The van der Waals surface area contributed by atoms with E-state index in [-0.39, 0.29) is 0 Å². The van der Waals surface area contributed by atoms with Gasteiger partial charge in [0.15, 0.2) is 0 Å². The lowest BCUT2D eigenvalue weighted by Crippen LogP contribution is -2.38. The Morgan fingerprint density at radius 3 is 2.25 bits per heavy atom. The number of benzene rings is 1. The predicted molar refractivity (Wildman–Crippen MR) is 82.4 cm³/mol. The fourth-order valence-electron chi connectivity index (χ4n) is 2.66. The molecular weight excluding hydrogens is 272 g/mol. The summed E-state index contributed by atoms with van der Waals surface area (Å²) >= 11 is 0. The van der Waals surface area contributed by atoms with Crippen LogP contribution < -0.4 is 5.32 Å². The first-order valence-electron chi connectivity index (χ1n) is 7.42. The fraction of sp³-hybridized carbons (Fsp3) is 0.600. The highest BCUT2D eigenvalue weighted by atomic mass is 32.2. The van der Waals surface area contributed by atoms with E-state index in [9.17, 15) is 8.42 Å². The molecule has 0 atom stereocenters. The van der Waals surface area contributed by atoms with Crippen LogP contribution in [0.25, 0.3) is 0 Å². The Kier molecular flexibility index (Phi) is 5.05. The van der Waals surface area contributed by atoms with Crippen molar-refractivity contribution in [3.63, 3.8) is 0 Å². The van der Waals surface area contributed by atoms with Crippen molar-refractivity contribution in [3.05, 3.63) is 24.3 Å². The van der Waals surface area contributed by atoms with Gasteiger partial charge in [0.2, 0.25) is 10.0 Å². The third-order valence-corrected chi connectivity index (χ3v) is 5.94. The van der Waals surface area contributed by atoms with Gasteiger partial charge in [-0.25, -0.2) is 8.42 Å². The maximum absolute atomic E-state index is 12.6. The lowest BCUT2D eigenvalue weighted by Gasteiger charge is -2.30. The summed E-state index contributed by atoms with van der Waals surface area (Å²) in [5.41, 5.74) is 0.955. The Balaban J connectivity index is 2.10. The number of hydrogen-bond donors (Lipinski definition) is 1. The maximum Gasteiger partial charge on any atom is 0.243 e. The summed E-state index contributed by atoms with van der Waals surface area (Å²) < 4.78 is 26.7. The predicted octanol–water partition coefficient (Wildman–Crippen LogP) is 2.93. The van der Waals surface area contributed by atoms with Crippen LogP contribution in [0, 0.1) is 5.92 Å². The van der Waals surface area contributed by atoms with Crippen LogP contribution in [0.5, 0.6) is 0 Å². The molecule has 1 N–H and O–H groups in total. The average molecular weight is 296 g/mol. The molecule has 4 nitrogen and oxygen atoms in total. The second kappa shape index (κ2) is 6.59. The molecule has 2 rings (SSSR count). The van der Waals surface area contributed by atoms with Gasteiger partial charge in [-0.05, 0) is 49.9 Å². The van der Waals surface area contributed by atoms with E-state index in [1.165, 1.54) is 0 Å². The lowest BCUT2D eigenvalue weighted by atomic mass is 9.96. The van der Waals surface area contributed by atoms with Gasteiger partial charge in [-0.3, -0.25) is 0 Å². The molecule has 112 valence electrons. The summed E-state index contributed by atoms with van der Waals surface area (Å²) in [6.45, 7) is 6.32. The average Bonchev–Trinajstić information content (AvgIpc) is 2.48. The van der Waals surface area contributed by atoms with Crippen molar-refractivity contribution in [1.82, 2.24) is 4.31 Å². The molecule has 0 aromatic heterocycles. The number of hydrogen-bond acceptors (Lipinski definition) is 3. The molecular formula is C15H24N2O2S. The van der Waals surface area contributed by atoms with E-state index in [1.807, 2.05) is 19.1 Å². The Morgan fingerprint density at radius 2 is 1.75 bits per heavy atom. The standard InChI is InChI=1S/C15H24N2O2S/c1-3-13-9-11-17(12-10-13)20(18,19)15-7-5-14(6-8-15)16-4-2/h5-8,13,16H,3-4,9-12H2,1-2H3. The number of nitrogens with one attached hydrogen (secondary N) is 1. The zero-order valence-corrected chi connectivity index (χ0v) is 13.1. The number of sulfonamides is 1. The minimum Gasteiger partial charge on any atom is -0.385 e. The van der Waals surface area contributed by atoms with Crippen LogP contribution >= 0.6 is 0 Å². The summed E-state index contributed by atoms with van der Waals surface area (Å²) in [7, 11) is -3.32. The minimum absolute atomic E-state index is 0.397. The molecule has 0 aliphatic carbocycles. The van der Waals surface area contributed by atoms with E-state index in [4.69, 9.17) is 0 Å². The molecule has 0 amide bonds. The zero-order valence-electron chi connectivity index (χ0n) is 12.3. The number of anilines is 1. The first kappa shape index (κ1) is 15.3. The van der Waals surface area contributed by atoms with Crippen molar-refractivity contribution in [2.45, 2.75) is 38.0 Å². The van der Waals surface area contributed by atoms with Crippen LogP contribution in [0.4, 0.5) is 5.69 Å². The van der Waals surface area contributed by atoms with Gasteiger partial charge in [-0.15, -0.1) is 0 Å². The van der Waals surface area contributed by atoms with E-state index in [0.717, 1.165) is 31.5 Å². The summed E-state index contributed by atoms with van der Waals surface area (Å²) in [4.78, 5) is 0.397. The van der Waals surface area contributed by atoms with Gasteiger partial charge < -0.3 is 5.32 Å². The van der Waals surface area contributed by atoms with Crippen LogP contribution in [0.1, 0.15) is 33.1 Å². The van der Waals surface area contributed by atoms with Crippen molar-refractivity contribution in [1.29, 1.82) is 0 Å². The highest BCUT2D eigenvalue weighted by molar-refractivity contribution is 7.89. The first-order chi connectivity index (χ1) is 9.57. The van der Waals surface area contributed by atoms with Gasteiger partial charge >= 0.3 is 0 Å². The van der Waals surface area contributed by atoms with Crippen LogP contribution in [-0.4, -0.2) is 32.4 Å². The Morgan fingerprint density at radius 1 is 1.15 bits per heavy atom. The van der Waals surface area contributed by atoms with Gasteiger partial charge in [0.25, 0.3) is 0 Å². The molecule has 0 spiro atoms. The van der Waals surface area contributed by atoms with Gasteiger partial charge in [0, 0.05) is 25.3 Å². The summed E-state index contributed by atoms with van der Waals surface area (Å²) in [5.74, 6) is 0.678. The molecule has 1 aliphatic heterocycles. The monoisotopic (exact) mass is 296 g/mol. The summed E-state index contributed by atoms with van der Waals surface area (Å²) in [6.07, 6.45) is 3.10. The van der Waals surface area contributed by atoms with E-state index in [0.29, 0.717) is 23.9 Å². The Hall–Kier alpha value is -1.07. The first-order valence-corrected chi connectivity index (χ1v) is 8.86. The number of nitrogens with zero attached hydrogens (tertiary/aromatic N) is 1. The number of piperidine rings is 1. The van der Waals surface area contributed by atoms with E-state index >= 15 is 0 Å². The molecule has 0 radical (unpaired) electrons. The quantitative estimate of drug-likeness (QED) is 0.909. The Bertz CT molecular complexity index is 517. The largest absolute Gasteiger partial charge is 0.385 e. The third-order valence-electron chi connectivity index (χ3n) is 4.02. The van der Waals surface area contributed by atoms with Gasteiger partial charge in [0.1, 0.15) is 0 Å². The second-order valence-electron chi connectivity index (χ2n) is 5.31. The van der Waals surface area contributed by atoms with Gasteiger partial charge in [-0.2, -0.15) is 4.31 Å². The van der Waals surface area contributed by atoms with Crippen LogP contribution in [0.2, 0.25) is 0 Å². The summed E-state index contributed by atoms with van der Waals surface area (Å²) in [5, 5.41) is 3.17. The highest BCUT2D eigenvalue weighted by Crippen LogP contribution is 2.25. The molecule has 0 saturated carbocycles. The van der Waals surface area contributed by atoms with Crippen LogP contribution in [-0.2, 0) is 10.0 Å². The van der Waals surface area contributed by atoms with Crippen molar-refractivity contribution in [3.8, 4) is 0 Å². The molecule has 1 aromatic rings. The SMILES string of the molecule is CCNc1ccc(S(=O)(=O)N2CCC(CC)CC2)cc1. The van der Waals surface area contributed by atoms with Crippen molar-refractivity contribution in [2.24, 2.45) is 5.92 Å². The normalized spacial score (nSPS) is 18.1. The smallest absolute Gasteiger partial charge is 0.243 e. The zero-order chi connectivity index (χ0) is 14.6. The van der Waals surface area contributed by atoms with Gasteiger partial charge in [-0.1, -0.05) is 13.3 Å². The molecule has 1 fully saturated rings. The molecule has 5 heteroatoms. The fourth-order valence-corrected chi connectivity index (χ4v) is 4.13. The van der Waals surface area contributed by atoms with Crippen molar-refractivity contribution < 1.29 is 8.42 Å². The molecule has 0 unspecified atom stereocenters. The number of rotatable bonds is 5. The lowest BCUT2D eigenvalue weighted by molar-refractivity contribution is 0.269. The van der Waals surface area contributed by atoms with E-state index < -0.39 is 10.0 Å². The third kappa shape index (κ3) is 3.33. The van der Waals surface area contributed by atoms with Gasteiger partial charge in [0.05, 0.1) is 4.90 Å². The molecule has 1 saturated heterocycles. The van der Waals surface area contributed by atoms with E-state index in [1.54, 1.807) is 16.4 Å². The second-order valence-corrected chi connectivity index (χ2v) is 7.25. The molecule has 0 bridgehead atoms. The Labute approximate surface area is 122 Å². The molecule has 1 heterocycles. The van der Waals surface area contributed by atoms with Crippen molar-refractivity contribution in [2.75, 3.05) is 25.0 Å². The summed E-state index contributed by atoms with van der Waals surface area (Å²) in [6, 6.07) is 7.04. The molecule has 20 heavy (non-hydrogen) atoms. The molecule has 1 aliphatic rings. The highest BCUT2D eigenvalue weighted by Gasteiger charge is 2.28. The minimum atomic E-state index is -3.32. The van der Waals surface area contributed by atoms with E-state index in [2.05, 4.69) is 12.2 Å². The van der Waals surface area contributed by atoms with Crippen LogP contribution in [0.3, 0.4) is 0 Å².